The van der Waals surface area contributed by atoms with Crippen molar-refractivity contribution in [3.63, 3.8) is 0 Å². The molecule has 2 heterocycles. The van der Waals surface area contributed by atoms with Crippen LogP contribution in [0.3, 0.4) is 0 Å². The molecular formula is C13H21N3O3. The Morgan fingerprint density at radius 2 is 2.32 bits per heavy atom. The SMILES string of the molecule is NNC(=O)c1ccc(CN2CCCCCC2CO)o1. The van der Waals surface area contributed by atoms with Crippen molar-refractivity contribution in [2.45, 2.75) is 38.3 Å². The lowest BCUT2D eigenvalue weighted by Gasteiger charge is -2.27. The Bertz CT molecular complexity index is 419. The summed E-state index contributed by atoms with van der Waals surface area (Å²) in [6.45, 7) is 1.73. The van der Waals surface area contributed by atoms with Crippen LogP contribution in [0.2, 0.25) is 0 Å². The van der Waals surface area contributed by atoms with Gasteiger partial charge in [-0.1, -0.05) is 12.8 Å². The first-order valence-corrected chi connectivity index (χ1v) is 6.69. The van der Waals surface area contributed by atoms with E-state index < -0.39 is 5.91 Å². The molecule has 106 valence electrons. The molecule has 0 saturated carbocycles. The van der Waals surface area contributed by atoms with Crippen LogP contribution in [0.25, 0.3) is 0 Å². The molecule has 0 radical (unpaired) electrons. The number of hydrogen-bond acceptors (Lipinski definition) is 5. The molecule has 4 N–H and O–H groups in total. The van der Waals surface area contributed by atoms with Gasteiger partial charge in [0, 0.05) is 6.04 Å². The summed E-state index contributed by atoms with van der Waals surface area (Å²) in [6.07, 6.45) is 4.49. The summed E-state index contributed by atoms with van der Waals surface area (Å²) < 4.78 is 5.46. The number of aliphatic hydroxyl groups excluding tert-OH is 1. The minimum absolute atomic E-state index is 0.164. The molecule has 0 aromatic carbocycles. The standard InChI is InChI=1S/C13H21N3O3/c14-15-13(18)12-6-5-11(19-12)8-16-7-3-1-2-4-10(16)9-17/h5-6,10,17H,1-4,7-9,14H2,(H,15,18). The van der Waals surface area contributed by atoms with Gasteiger partial charge in [0.15, 0.2) is 5.76 Å². The summed E-state index contributed by atoms with van der Waals surface area (Å²) in [6, 6.07) is 3.58. The van der Waals surface area contributed by atoms with Crippen molar-refractivity contribution in [3.8, 4) is 0 Å². The third-order valence-electron chi connectivity index (χ3n) is 3.59. The maximum atomic E-state index is 11.3. The quantitative estimate of drug-likeness (QED) is 0.422. The summed E-state index contributed by atoms with van der Waals surface area (Å²) in [4.78, 5) is 13.5. The van der Waals surface area contributed by atoms with Gasteiger partial charge in [-0.2, -0.15) is 0 Å². The van der Waals surface area contributed by atoms with Crippen LogP contribution >= 0.6 is 0 Å². The van der Waals surface area contributed by atoms with Crippen LogP contribution in [-0.4, -0.2) is 35.1 Å². The van der Waals surface area contributed by atoms with Crippen LogP contribution in [0.5, 0.6) is 0 Å². The maximum absolute atomic E-state index is 11.3. The Kier molecular flexibility index (Phi) is 4.95. The largest absolute Gasteiger partial charge is 0.455 e. The number of aliphatic hydroxyl groups is 1. The summed E-state index contributed by atoms with van der Waals surface area (Å²) in [5.74, 6) is 5.57. The summed E-state index contributed by atoms with van der Waals surface area (Å²) >= 11 is 0. The number of nitrogens with one attached hydrogen (secondary N) is 1. The predicted octanol–water partition coefficient (Wildman–Crippen LogP) is 0.620. The molecule has 1 atom stereocenters. The number of rotatable bonds is 4. The highest BCUT2D eigenvalue weighted by Crippen LogP contribution is 2.20. The van der Waals surface area contributed by atoms with Gasteiger partial charge in [-0.05, 0) is 31.5 Å². The number of amides is 1. The highest BCUT2D eigenvalue weighted by molar-refractivity contribution is 5.90. The molecule has 1 fully saturated rings. The number of carbonyl (C=O) groups is 1. The van der Waals surface area contributed by atoms with Crippen molar-refractivity contribution < 1.29 is 14.3 Å². The van der Waals surface area contributed by atoms with E-state index in [1.54, 1.807) is 12.1 Å². The third kappa shape index (κ3) is 3.56. The third-order valence-corrected chi connectivity index (χ3v) is 3.59. The lowest BCUT2D eigenvalue weighted by Crippen LogP contribution is -2.36. The van der Waals surface area contributed by atoms with Gasteiger partial charge < -0.3 is 9.52 Å². The van der Waals surface area contributed by atoms with Gasteiger partial charge in [0.25, 0.3) is 0 Å². The zero-order chi connectivity index (χ0) is 13.7. The van der Waals surface area contributed by atoms with Crippen LogP contribution in [0.4, 0.5) is 0 Å². The lowest BCUT2D eigenvalue weighted by atomic mass is 10.1. The average molecular weight is 267 g/mol. The second kappa shape index (κ2) is 6.70. The Balaban J connectivity index is 2.02. The molecule has 1 aromatic heterocycles. The Morgan fingerprint density at radius 3 is 3.05 bits per heavy atom. The van der Waals surface area contributed by atoms with E-state index in [0.29, 0.717) is 6.54 Å². The average Bonchev–Trinajstić information content (AvgIpc) is 2.77. The fraction of sp³-hybridized carbons (Fsp3) is 0.615. The fourth-order valence-corrected chi connectivity index (χ4v) is 2.51. The van der Waals surface area contributed by atoms with Crippen LogP contribution < -0.4 is 11.3 Å². The molecule has 1 aromatic rings. The van der Waals surface area contributed by atoms with E-state index >= 15 is 0 Å². The van der Waals surface area contributed by atoms with Gasteiger partial charge in [-0.25, -0.2) is 5.84 Å². The molecular weight excluding hydrogens is 246 g/mol. The predicted molar refractivity (Wildman–Crippen MR) is 70.1 cm³/mol. The van der Waals surface area contributed by atoms with Crippen molar-refractivity contribution >= 4 is 5.91 Å². The van der Waals surface area contributed by atoms with Gasteiger partial charge >= 0.3 is 5.91 Å². The molecule has 2 rings (SSSR count). The van der Waals surface area contributed by atoms with E-state index in [-0.39, 0.29) is 18.4 Å². The molecule has 1 amide bonds. The summed E-state index contributed by atoms with van der Waals surface area (Å²) in [5.41, 5.74) is 2.04. The number of carbonyl (C=O) groups excluding carboxylic acids is 1. The molecule has 0 bridgehead atoms. The first kappa shape index (κ1) is 14.0. The topological polar surface area (TPSA) is 91.7 Å². The molecule has 0 aliphatic carbocycles. The Morgan fingerprint density at radius 1 is 1.47 bits per heavy atom. The monoisotopic (exact) mass is 267 g/mol. The minimum atomic E-state index is -0.430. The van der Waals surface area contributed by atoms with Gasteiger partial charge in [0.1, 0.15) is 5.76 Å². The zero-order valence-corrected chi connectivity index (χ0v) is 11.0. The van der Waals surface area contributed by atoms with Gasteiger partial charge in [0.2, 0.25) is 0 Å². The number of hydrazine groups is 1. The van der Waals surface area contributed by atoms with Crippen molar-refractivity contribution in [2.24, 2.45) is 5.84 Å². The van der Waals surface area contributed by atoms with Gasteiger partial charge in [-0.3, -0.25) is 15.1 Å². The minimum Gasteiger partial charge on any atom is -0.455 e. The Labute approximate surface area is 112 Å². The first-order chi connectivity index (χ1) is 9.24. The van der Waals surface area contributed by atoms with Crippen molar-refractivity contribution in [3.05, 3.63) is 23.7 Å². The highest BCUT2D eigenvalue weighted by atomic mass is 16.4. The van der Waals surface area contributed by atoms with Crippen molar-refractivity contribution in [2.75, 3.05) is 13.2 Å². The van der Waals surface area contributed by atoms with E-state index in [1.165, 1.54) is 6.42 Å². The number of likely N-dealkylation sites (tertiary alicyclic amines) is 1. The summed E-state index contributed by atoms with van der Waals surface area (Å²) in [7, 11) is 0. The number of nitrogens with two attached hydrogens (primary N) is 1. The lowest BCUT2D eigenvalue weighted by molar-refractivity contribution is 0.0911. The number of nitrogens with zero attached hydrogens (tertiary/aromatic N) is 1. The second-order valence-corrected chi connectivity index (χ2v) is 4.90. The fourth-order valence-electron chi connectivity index (χ4n) is 2.51. The normalized spacial score (nSPS) is 21.1. The molecule has 19 heavy (non-hydrogen) atoms. The molecule has 6 heteroatoms. The second-order valence-electron chi connectivity index (χ2n) is 4.90. The molecule has 0 spiro atoms. The van der Waals surface area contributed by atoms with E-state index in [1.807, 2.05) is 5.43 Å². The van der Waals surface area contributed by atoms with Gasteiger partial charge in [-0.15, -0.1) is 0 Å². The van der Waals surface area contributed by atoms with Crippen molar-refractivity contribution in [1.82, 2.24) is 10.3 Å². The summed E-state index contributed by atoms with van der Waals surface area (Å²) in [5, 5.41) is 9.44. The van der Waals surface area contributed by atoms with Crippen LogP contribution in [-0.2, 0) is 6.54 Å². The van der Waals surface area contributed by atoms with E-state index in [9.17, 15) is 9.90 Å². The Hall–Kier alpha value is -1.37. The molecule has 1 saturated heterocycles. The van der Waals surface area contributed by atoms with E-state index in [0.717, 1.165) is 31.6 Å². The maximum Gasteiger partial charge on any atom is 0.300 e. The van der Waals surface area contributed by atoms with E-state index in [2.05, 4.69) is 4.90 Å². The van der Waals surface area contributed by atoms with Gasteiger partial charge in [0.05, 0.1) is 13.2 Å². The number of hydrogen-bond donors (Lipinski definition) is 3. The number of furan rings is 1. The molecule has 6 nitrogen and oxygen atoms in total. The zero-order valence-electron chi connectivity index (χ0n) is 11.0. The van der Waals surface area contributed by atoms with Crippen LogP contribution in [0.15, 0.2) is 16.5 Å². The van der Waals surface area contributed by atoms with E-state index in [4.69, 9.17) is 10.3 Å². The first-order valence-electron chi connectivity index (χ1n) is 6.69. The van der Waals surface area contributed by atoms with Crippen LogP contribution in [0, 0.1) is 0 Å². The van der Waals surface area contributed by atoms with Crippen LogP contribution in [0.1, 0.15) is 42.0 Å². The number of nitrogen functional groups attached to an aromatic ring is 1. The molecule has 1 aliphatic rings. The highest BCUT2D eigenvalue weighted by Gasteiger charge is 2.21. The molecule has 1 aliphatic heterocycles. The van der Waals surface area contributed by atoms with Crippen molar-refractivity contribution in [1.29, 1.82) is 0 Å². The molecule has 1 unspecified atom stereocenters. The smallest absolute Gasteiger partial charge is 0.300 e.